The molecule has 2 rings (SSSR count). The summed E-state index contributed by atoms with van der Waals surface area (Å²) in [5, 5.41) is 5.14. The van der Waals surface area contributed by atoms with E-state index in [0.29, 0.717) is 11.4 Å². The van der Waals surface area contributed by atoms with Gasteiger partial charge in [0.2, 0.25) is 5.91 Å². The van der Waals surface area contributed by atoms with Crippen LogP contribution in [0.15, 0.2) is 42.5 Å². The molecule has 0 aromatic heterocycles. The summed E-state index contributed by atoms with van der Waals surface area (Å²) in [5.41, 5.74) is 0.764. The third-order valence-corrected chi connectivity index (χ3v) is 3.38. The van der Waals surface area contributed by atoms with E-state index >= 15 is 0 Å². The third kappa shape index (κ3) is 5.23. The van der Waals surface area contributed by atoms with E-state index in [1.807, 2.05) is 0 Å². The van der Waals surface area contributed by atoms with Crippen LogP contribution in [-0.2, 0) is 15.8 Å². The highest BCUT2D eigenvalue weighted by molar-refractivity contribution is 5.94. The number of para-hydroxylation sites is 1. The Kier molecular flexibility index (Phi) is 5.86. The molecule has 0 atom stereocenters. The minimum Gasteiger partial charge on any atom is -0.483 e. The van der Waals surface area contributed by atoms with Crippen molar-refractivity contribution in [2.45, 2.75) is 20.0 Å². The zero-order valence-corrected chi connectivity index (χ0v) is 14.1. The maximum absolute atomic E-state index is 12.9. The molecule has 0 fully saturated rings. The summed E-state index contributed by atoms with van der Waals surface area (Å²) in [6.07, 6.45) is -4.57. The molecule has 0 saturated carbocycles. The van der Waals surface area contributed by atoms with Gasteiger partial charge in [-0.15, -0.1) is 0 Å². The van der Waals surface area contributed by atoms with Crippen LogP contribution in [0.25, 0.3) is 0 Å². The summed E-state index contributed by atoms with van der Waals surface area (Å²) in [5.74, 6) is -1.30. The number of amides is 2. The fraction of sp³-hybridized carbons (Fsp3) is 0.222. The summed E-state index contributed by atoms with van der Waals surface area (Å²) < 4.78 is 43.7. The van der Waals surface area contributed by atoms with Crippen molar-refractivity contribution in [3.8, 4) is 5.75 Å². The second kappa shape index (κ2) is 7.90. The van der Waals surface area contributed by atoms with Gasteiger partial charge >= 0.3 is 6.18 Å². The normalized spacial score (nSPS) is 11.0. The highest BCUT2D eigenvalue weighted by Gasteiger charge is 2.34. The monoisotopic (exact) mass is 366 g/mol. The van der Waals surface area contributed by atoms with Crippen molar-refractivity contribution < 1.29 is 27.5 Å². The van der Waals surface area contributed by atoms with E-state index in [2.05, 4.69) is 10.6 Å². The number of nitrogens with one attached hydrogen (secondary N) is 2. The van der Waals surface area contributed by atoms with Gasteiger partial charge in [-0.1, -0.05) is 18.2 Å². The summed E-state index contributed by atoms with van der Waals surface area (Å²) in [4.78, 5) is 23.1. The first-order chi connectivity index (χ1) is 12.2. The molecule has 0 aliphatic rings. The van der Waals surface area contributed by atoms with E-state index in [1.165, 1.54) is 19.1 Å². The maximum atomic E-state index is 12.9. The Bertz CT molecular complexity index is 820. The molecular formula is C18H17F3N2O3. The molecule has 2 N–H and O–H groups in total. The number of carbonyl (C=O) groups is 2. The second-order valence-electron chi connectivity index (χ2n) is 5.54. The first-order valence-corrected chi connectivity index (χ1v) is 7.64. The lowest BCUT2D eigenvalue weighted by molar-refractivity contribution is -0.139. The summed E-state index contributed by atoms with van der Waals surface area (Å²) in [7, 11) is 0. The number of hydrogen-bond acceptors (Lipinski definition) is 3. The largest absolute Gasteiger partial charge is 0.483 e. The number of halogens is 3. The van der Waals surface area contributed by atoms with Crippen LogP contribution in [0.3, 0.4) is 0 Å². The van der Waals surface area contributed by atoms with Crippen LogP contribution in [0.4, 0.5) is 24.5 Å². The van der Waals surface area contributed by atoms with Crippen LogP contribution in [0.1, 0.15) is 18.1 Å². The summed E-state index contributed by atoms with van der Waals surface area (Å²) in [6.45, 7) is 2.56. The first-order valence-electron chi connectivity index (χ1n) is 7.64. The van der Waals surface area contributed by atoms with Crippen molar-refractivity contribution in [3.63, 3.8) is 0 Å². The van der Waals surface area contributed by atoms with Crippen molar-refractivity contribution in [2.75, 3.05) is 17.2 Å². The lowest BCUT2D eigenvalue weighted by atomic mass is 10.1. The summed E-state index contributed by atoms with van der Waals surface area (Å²) in [6, 6.07) is 9.53. The lowest BCUT2D eigenvalue weighted by Crippen LogP contribution is -2.21. The summed E-state index contributed by atoms with van der Waals surface area (Å²) >= 11 is 0. The molecule has 0 bridgehead atoms. The number of benzene rings is 2. The van der Waals surface area contributed by atoms with Gasteiger partial charge in [0.25, 0.3) is 5.91 Å². The fourth-order valence-electron chi connectivity index (χ4n) is 2.19. The number of aryl methyl sites for hydroxylation is 1. The fourth-order valence-corrected chi connectivity index (χ4v) is 2.19. The molecule has 5 nitrogen and oxygen atoms in total. The van der Waals surface area contributed by atoms with E-state index in [0.717, 1.165) is 17.7 Å². The van der Waals surface area contributed by atoms with Crippen molar-refractivity contribution in [1.82, 2.24) is 0 Å². The topological polar surface area (TPSA) is 67.4 Å². The quantitative estimate of drug-likeness (QED) is 0.841. The molecule has 2 aromatic rings. The van der Waals surface area contributed by atoms with Crippen molar-refractivity contribution in [2.24, 2.45) is 0 Å². The standard InChI is InChI=1S/C18H17F3N2O3/c1-11-7-8-13(9-15(11)22-12(2)24)23-17(25)10-26-16-6-4-3-5-14(16)18(19,20)21/h3-9H,10H2,1-2H3,(H,22,24)(H,23,25). The predicted molar refractivity (Wildman–Crippen MR) is 91.1 cm³/mol. The van der Waals surface area contributed by atoms with E-state index < -0.39 is 30.0 Å². The van der Waals surface area contributed by atoms with E-state index in [1.54, 1.807) is 25.1 Å². The Morgan fingerprint density at radius 2 is 1.77 bits per heavy atom. The number of ether oxygens (including phenoxy) is 1. The molecule has 2 aromatic carbocycles. The van der Waals surface area contributed by atoms with E-state index in [-0.39, 0.29) is 5.91 Å². The van der Waals surface area contributed by atoms with Gasteiger partial charge in [0.15, 0.2) is 6.61 Å². The first kappa shape index (κ1) is 19.3. The Balaban J connectivity index is 2.03. The van der Waals surface area contributed by atoms with E-state index in [9.17, 15) is 22.8 Å². The molecule has 0 spiro atoms. The van der Waals surface area contributed by atoms with Gasteiger partial charge < -0.3 is 15.4 Å². The number of hydrogen-bond donors (Lipinski definition) is 2. The highest BCUT2D eigenvalue weighted by Crippen LogP contribution is 2.35. The minimum absolute atomic E-state index is 0.260. The zero-order valence-electron chi connectivity index (χ0n) is 14.1. The average Bonchev–Trinajstić information content (AvgIpc) is 2.55. The van der Waals surface area contributed by atoms with Crippen molar-refractivity contribution in [1.29, 1.82) is 0 Å². The van der Waals surface area contributed by atoms with Gasteiger partial charge in [0.05, 0.1) is 5.56 Å². The molecule has 138 valence electrons. The average molecular weight is 366 g/mol. The van der Waals surface area contributed by atoms with Crippen LogP contribution < -0.4 is 15.4 Å². The number of carbonyl (C=O) groups excluding carboxylic acids is 2. The van der Waals surface area contributed by atoms with Crippen LogP contribution in [0.2, 0.25) is 0 Å². The molecule has 0 aliphatic heterocycles. The molecule has 0 heterocycles. The van der Waals surface area contributed by atoms with Gasteiger partial charge in [-0.25, -0.2) is 0 Å². The highest BCUT2D eigenvalue weighted by atomic mass is 19.4. The van der Waals surface area contributed by atoms with Gasteiger partial charge in [-0.05, 0) is 36.8 Å². The van der Waals surface area contributed by atoms with Crippen LogP contribution in [0.5, 0.6) is 5.75 Å². The number of rotatable bonds is 5. The molecule has 2 amide bonds. The van der Waals surface area contributed by atoms with Gasteiger partial charge in [0.1, 0.15) is 5.75 Å². The Morgan fingerprint density at radius 3 is 2.42 bits per heavy atom. The van der Waals surface area contributed by atoms with Gasteiger partial charge in [0, 0.05) is 18.3 Å². The van der Waals surface area contributed by atoms with Crippen LogP contribution in [0, 0.1) is 6.92 Å². The van der Waals surface area contributed by atoms with Gasteiger partial charge in [-0.3, -0.25) is 9.59 Å². The van der Waals surface area contributed by atoms with Crippen molar-refractivity contribution in [3.05, 3.63) is 53.6 Å². The second-order valence-corrected chi connectivity index (χ2v) is 5.54. The minimum atomic E-state index is -4.57. The Morgan fingerprint density at radius 1 is 1.08 bits per heavy atom. The number of alkyl halides is 3. The molecule has 0 saturated heterocycles. The third-order valence-electron chi connectivity index (χ3n) is 3.38. The molecular weight excluding hydrogens is 349 g/mol. The van der Waals surface area contributed by atoms with E-state index in [4.69, 9.17) is 4.74 Å². The lowest BCUT2D eigenvalue weighted by Gasteiger charge is -2.14. The van der Waals surface area contributed by atoms with Crippen molar-refractivity contribution >= 4 is 23.2 Å². The molecule has 0 radical (unpaired) electrons. The van der Waals surface area contributed by atoms with Crippen LogP contribution in [-0.4, -0.2) is 18.4 Å². The maximum Gasteiger partial charge on any atom is 0.419 e. The smallest absolute Gasteiger partial charge is 0.419 e. The molecule has 8 heteroatoms. The van der Waals surface area contributed by atoms with Gasteiger partial charge in [-0.2, -0.15) is 13.2 Å². The zero-order chi connectivity index (χ0) is 19.3. The molecule has 0 aliphatic carbocycles. The Labute approximate surface area is 148 Å². The van der Waals surface area contributed by atoms with Crippen LogP contribution >= 0.6 is 0 Å². The Hall–Kier alpha value is -3.03. The molecule has 0 unspecified atom stereocenters. The number of anilines is 2. The SMILES string of the molecule is CC(=O)Nc1cc(NC(=O)COc2ccccc2C(F)(F)F)ccc1C. The predicted octanol–water partition coefficient (Wildman–Crippen LogP) is 3.99. The molecule has 26 heavy (non-hydrogen) atoms.